The van der Waals surface area contributed by atoms with Crippen LogP contribution in [0.2, 0.25) is 0 Å². The highest BCUT2D eigenvalue weighted by atomic mass is 32.2. The summed E-state index contributed by atoms with van der Waals surface area (Å²) in [4.78, 5) is 28.2. The van der Waals surface area contributed by atoms with Crippen molar-refractivity contribution in [3.63, 3.8) is 0 Å². The second kappa shape index (κ2) is 7.42. The van der Waals surface area contributed by atoms with Crippen molar-refractivity contribution in [3.8, 4) is 5.75 Å². The van der Waals surface area contributed by atoms with Gasteiger partial charge in [-0.05, 0) is 24.3 Å². The predicted octanol–water partition coefficient (Wildman–Crippen LogP) is 3.94. The quantitative estimate of drug-likeness (QED) is 0.309. The predicted molar refractivity (Wildman–Crippen MR) is 104 cm³/mol. The SMILES string of the molecule is O=C(CSc1nc2ccccc2s1)OCc1cc(=O)oc2cc(O)ccc12. The van der Waals surface area contributed by atoms with Gasteiger partial charge >= 0.3 is 11.6 Å². The number of para-hydroxylation sites is 1. The monoisotopic (exact) mass is 399 g/mol. The van der Waals surface area contributed by atoms with Gasteiger partial charge in [-0.15, -0.1) is 11.3 Å². The zero-order valence-electron chi connectivity index (χ0n) is 13.9. The lowest BCUT2D eigenvalue weighted by molar-refractivity contribution is -0.141. The number of aromatic hydroxyl groups is 1. The summed E-state index contributed by atoms with van der Waals surface area (Å²) in [5.74, 6) is -0.286. The molecule has 6 nitrogen and oxygen atoms in total. The molecule has 0 fully saturated rings. The number of thiazole rings is 1. The van der Waals surface area contributed by atoms with Gasteiger partial charge in [0.05, 0.1) is 16.0 Å². The highest BCUT2D eigenvalue weighted by Gasteiger charge is 2.11. The average Bonchev–Trinajstić information content (AvgIpc) is 3.07. The number of hydrogen-bond donors (Lipinski definition) is 1. The molecule has 0 unspecified atom stereocenters. The zero-order chi connectivity index (χ0) is 18.8. The molecule has 0 saturated heterocycles. The molecule has 2 aromatic heterocycles. The van der Waals surface area contributed by atoms with Gasteiger partial charge in [0.2, 0.25) is 0 Å². The molecular weight excluding hydrogens is 386 g/mol. The maximum atomic E-state index is 12.1. The molecule has 1 N–H and O–H groups in total. The van der Waals surface area contributed by atoms with Gasteiger partial charge in [-0.3, -0.25) is 4.79 Å². The first-order chi connectivity index (χ1) is 13.1. The van der Waals surface area contributed by atoms with Gasteiger partial charge in [-0.25, -0.2) is 9.78 Å². The minimum Gasteiger partial charge on any atom is -0.508 e. The van der Waals surface area contributed by atoms with Gasteiger partial charge in [0, 0.05) is 23.1 Å². The van der Waals surface area contributed by atoms with Gasteiger partial charge in [-0.2, -0.15) is 0 Å². The van der Waals surface area contributed by atoms with Gasteiger partial charge < -0.3 is 14.3 Å². The van der Waals surface area contributed by atoms with E-state index in [-0.39, 0.29) is 23.7 Å². The lowest BCUT2D eigenvalue weighted by Crippen LogP contribution is -2.09. The van der Waals surface area contributed by atoms with E-state index in [9.17, 15) is 14.7 Å². The summed E-state index contributed by atoms with van der Waals surface area (Å²) in [5, 5.41) is 10.1. The summed E-state index contributed by atoms with van der Waals surface area (Å²) in [6.45, 7) is -0.0495. The Kier molecular flexibility index (Phi) is 4.83. The number of fused-ring (bicyclic) bond motifs is 2. The fourth-order valence-electron chi connectivity index (χ4n) is 2.57. The van der Waals surface area contributed by atoms with Crippen molar-refractivity contribution >= 4 is 50.3 Å². The number of aromatic nitrogens is 1. The standard InChI is InChI=1S/C19H13NO5S2/c21-12-5-6-13-11(7-17(22)25-15(13)8-12)9-24-18(23)10-26-19-20-14-3-1-2-4-16(14)27-19/h1-8,21H,9-10H2. The van der Waals surface area contributed by atoms with E-state index in [4.69, 9.17) is 9.15 Å². The lowest BCUT2D eigenvalue weighted by atomic mass is 10.1. The molecule has 0 radical (unpaired) electrons. The minimum atomic E-state index is -0.567. The topological polar surface area (TPSA) is 89.6 Å². The normalized spacial score (nSPS) is 11.1. The first-order valence-electron chi connectivity index (χ1n) is 7.98. The fourth-order valence-corrected chi connectivity index (χ4v) is 4.44. The van der Waals surface area contributed by atoms with Crippen LogP contribution in [0.15, 0.2) is 62.1 Å². The third kappa shape index (κ3) is 3.96. The van der Waals surface area contributed by atoms with Crippen LogP contribution < -0.4 is 5.63 Å². The molecule has 0 saturated carbocycles. The zero-order valence-corrected chi connectivity index (χ0v) is 15.5. The Morgan fingerprint density at radius 1 is 1.22 bits per heavy atom. The molecule has 0 bridgehead atoms. The molecule has 0 aliphatic heterocycles. The van der Waals surface area contributed by atoms with Crippen molar-refractivity contribution in [1.82, 2.24) is 4.98 Å². The first-order valence-corrected chi connectivity index (χ1v) is 9.78. The van der Waals surface area contributed by atoms with Crippen LogP contribution in [0.4, 0.5) is 0 Å². The van der Waals surface area contributed by atoms with Crippen LogP contribution in [0.5, 0.6) is 5.75 Å². The molecule has 2 heterocycles. The van der Waals surface area contributed by atoms with E-state index in [1.165, 1.54) is 41.3 Å². The molecule has 4 rings (SSSR count). The van der Waals surface area contributed by atoms with Crippen LogP contribution in [-0.4, -0.2) is 21.8 Å². The molecule has 0 spiro atoms. The summed E-state index contributed by atoms with van der Waals surface area (Å²) in [7, 11) is 0. The maximum absolute atomic E-state index is 12.1. The summed E-state index contributed by atoms with van der Waals surface area (Å²) >= 11 is 2.84. The van der Waals surface area contributed by atoms with E-state index in [0.717, 1.165) is 14.6 Å². The number of hydrogen-bond acceptors (Lipinski definition) is 8. The van der Waals surface area contributed by atoms with E-state index in [0.29, 0.717) is 10.9 Å². The fraction of sp³-hybridized carbons (Fsp3) is 0.105. The third-order valence-electron chi connectivity index (χ3n) is 3.79. The Morgan fingerprint density at radius 2 is 2.07 bits per heavy atom. The maximum Gasteiger partial charge on any atom is 0.336 e. The molecule has 0 atom stereocenters. The molecule has 2 aromatic carbocycles. The number of phenolic OH excluding ortho intramolecular Hbond substituents is 1. The molecule has 136 valence electrons. The van der Waals surface area contributed by atoms with Crippen LogP contribution in [0, 0.1) is 0 Å². The van der Waals surface area contributed by atoms with Crippen LogP contribution in [0.3, 0.4) is 0 Å². The van der Waals surface area contributed by atoms with E-state index < -0.39 is 11.6 Å². The number of ether oxygens (including phenoxy) is 1. The lowest BCUT2D eigenvalue weighted by Gasteiger charge is -2.07. The van der Waals surface area contributed by atoms with E-state index in [2.05, 4.69) is 4.98 Å². The number of carbonyl (C=O) groups excluding carboxylic acids is 1. The third-order valence-corrected chi connectivity index (χ3v) is 5.94. The number of carbonyl (C=O) groups is 1. The number of nitrogens with zero attached hydrogens (tertiary/aromatic N) is 1. The Morgan fingerprint density at radius 3 is 2.93 bits per heavy atom. The second-order valence-electron chi connectivity index (χ2n) is 5.67. The van der Waals surface area contributed by atoms with Gasteiger partial charge in [0.25, 0.3) is 0 Å². The largest absolute Gasteiger partial charge is 0.508 e. The van der Waals surface area contributed by atoms with Crippen LogP contribution in [0.25, 0.3) is 21.2 Å². The van der Waals surface area contributed by atoms with Crippen molar-refractivity contribution in [2.75, 3.05) is 5.75 Å². The van der Waals surface area contributed by atoms with Crippen molar-refractivity contribution in [2.24, 2.45) is 0 Å². The molecule has 0 aliphatic rings. The van der Waals surface area contributed by atoms with E-state index in [1.807, 2.05) is 24.3 Å². The smallest absolute Gasteiger partial charge is 0.336 e. The minimum absolute atomic E-state index is 0.00738. The number of phenols is 1. The summed E-state index contributed by atoms with van der Waals surface area (Å²) < 4.78 is 12.2. The molecule has 0 amide bonds. The van der Waals surface area contributed by atoms with E-state index >= 15 is 0 Å². The molecule has 4 aromatic rings. The summed E-state index contributed by atoms with van der Waals surface area (Å²) in [5.41, 5.74) is 1.11. The van der Waals surface area contributed by atoms with Crippen molar-refractivity contribution in [3.05, 3.63) is 64.5 Å². The molecule has 27 heavy (non-hydrogen) atoms. The number of benzene rings is 2. The number of rotatable bonds is 5. The second-order valence-corrected chi connectivity index (χ2v) is 7.92. The first kappa shape index (κ1) is 17.6. The Hall–Kier alpha value is -2.84. The van der Waals surface area contributed by atoms with Crippen molar-refractivity contribution in [2.45, 2.75) is 10.9 Å². The Balaban J connectivity index is 1.42. The molecule has 0 aliphatic carbocycles. The van der Waals surface area contributed by atoms with Crippen LogP contribution >= 0.6 is 23.1 Å². The number of esters is 1. The van der Waals surface area contributed by atoms with Crippen LogP contribution in [-0.2, 0) is 16.1 Å². The van der Waals surface area contributed by atoms with Gasteiger partial charge in [0.1, 0.15) is 17.9 Å². The number of thioether (sulfide) groups is 1. The van der Waals surface area contributed by atoms with Crippen molar-refractivity contribution < 1.29 is 19.1 Å². The molecule has 8 heteroatoms. The summed E-state index contributed by atoms with van der Waals surface area (Å²) in [6.07, 6.45) is 0. The van der Waals surface area contributed by atoms with Gasteiger partial charge in [0.15, 0.2) is 4.34 Å². The van der Waals surface area contributed by atoms with E-state index in [1.54, 1.807) is 6.07 Å². The molecular formula is C19H13NO5S2. The Labute approximate surface area is 161 Å². The average molecular weight is 399 g/mol. The van der Waals surface area contributed by atoms with Crippen LogP contribution in [0.1, 0.15) is 5.56 Å². The summed E-state index contributed by atoms with van der Waals surface area (Å²) in [6, 6.07) is 13.5. The Bertz CT molecular complexity index is 1160. The van der Waals surface area contributed by atoms with Crippen molar-refractivity contribution in [1.29, 1.82) is 0 Å². The highest BCUT2D eigenvalue weighted by molar-refractivity contribution is 8.01. The highest BCUT2D eigenvalue weighted by Crippen LogP contribution is 2.29. The van der Waals surface area contributed by atoms with Gasteiger partial charge in [-0.1, -0.05) is 23.9 Å².